The molecule has 2 heterocycles. The Morgan fingerprint density at radius 1 is 1.08 bits per heavy atom. The molecule has 3 aromatic carbocycles. The van der Waals surface area contributed by atoms with E-state index in [4.69, 9.17) is 21.1 Å². The molecule has 0 unspecified atom stereocenters. The molecule has 1 aliphatic heterocycles. The Morgan fingerprint density at radius 3 is 2.44 bits per heavy atom. The monoisotopic (exact) mass is 562 g/mol. The van der Waals surface area contributed by atoms with Gasteiger partial charge in [0.2, 0.25) is 0 Å². The van der Waals surface area contributed by atoms with Crippen LogP contribution in [-0.4, -0.2) is 17.1 Å². The van der Waals surface area contributed by atoms with E-state index in [1.54, 1.807) is 32.1 Å². The van der Waals surface area contributed by atoms with Crippen LogP contribution in [0.5, 0.6) is 5.75 Å². The second-order valence-corrected chi connectivity index (χ2v) is 10.3. The lowest BCUT2D eigenvalue weighted by atomic mass is 9.96. The molecule has 0 fully saturated rings. The maximum Gasteiger partial charge on any atom is 0.338 e. The van der Waals surface area contributed by atoms with Gasteiger partial charge >= 0.3 is 5.97 Å². The molecule has 9 heteroatoms. The predicted octanol–water partition coefficient (Wildman–Crippen LogP) is 5.17. The topological polar surface area (TPSA) is 69.9 Å². The van der Waals surface area contributed by atoms with Crippen LogP contribution in [0.1, 0.15) is 36.6 Å². The number of ether oxygens (including phenoxy) is 2. The lowest BCUT2D eigenvalue weighted by molar-refractivity contribution is -0.139. The Kier molecular flexibility index (Phi) is 7.77. The first-order valence-corrected chi connectivity index (χ1v) is 13.5. The molecule has 0 saturated heterocycles. The zero-order chi connectivity index (χ0) is 27.5. The zero-order valence-corrected chi connectivity index (χ0v) is 22.8. The van der Waals surface area contributed by atoms with Gasteiger partial charge in [0.25, 0.3) is 5.56 Å². The largest absolute Gasteiger partial charge is 0.489 e. The third kappa shape index (κ3) is 5.72. The summed E-state index contributed by atoms with van der Waals surface area (Å²) in [6, 6.07) is 19.8. The van der Waals surface area contributed by atoms with Crippen LogP contribution < -0.4 is 19.6 Å². The number of allylic oxidation sites excluding steroid dienone is 1. The van der Waals surface area contributed by atoms with Gasteiger partial charge in [-0.2, -0.15) is 0 Å². The standard InChI is InChI=1S/C30H24ClFN2O4S/c1-3-37-29(36)26-18(2)33-30-34(27(26)21-8-12-23(32)13-9-21)28(35)25(39-30)16-19-6-14-24(15-7-19)38-17-20-4-10-22(31)11-5-20/h4-16,27H,3,17H2,1-2H3/b25-16-/t27-/m1/s1. The molecule has 4 aromatic rings. The van der Waals surface area contributed by atoms with E-state index >= 15 is 0 Å². The maximum absolute atomic E-state index is 13.7. The molecule has 198 valence electrons. The number of nitrogens with zero attached hydrogens (tertiary/aromatic N) is 2. The molecule has 0 N–H and O–H groups in total. The third-order valence-corrected chi connectivity index (χ3v) is 7.43. The fraction of sp³-hybridized carbons (Fsp3) is 0.167. The first-order valence-electron chi connectivity index (χ1n) is 12.3. The van der Waals surface area contributed by atoms with Gasteiger partial charge in [0.1, 0.15) is 18.2 Å². The number of hydrogen-bond acceptors (Lipinski definition) is 6. The van der Waals surface area contributed by atoms with Crippen LogP contribution in [0.2, 0.25) is 5.02 Å². The molecule has 0 spiro atoms. The Morgan fingerprint density at radius 2 is 1.77 bits per heavy atom. The minimum absolute atomic E-state index is 0.176. The van der Waals surface area contributed by atoms with Gasteiger partial charge in [-0.1, -0.05) is 59.3 Å². The number of halogens is 2. The summed E-state index contributed by atoms with van der Waals surface area (Å²) in [6.45, 7) is 4.00. The van der Waals surface area contributed by atoms with Crippen molar-refractivity contribution in [1.29, 1.82) is 0 Å². The molecule has 1 atom stereocenters. The lowest BCUT2D eigenvalue weighted by Gasteiger charge is -2.24. The highest BCUT2D eigenvalue weighted by Gasteiger charge is 2.33. The summed E-state index contributed by atoms with van der Waals surface area (Å²) >= 11 is 7.16. The summed E-state index contributed by atoms with van der Waals surface area (Å²) in [5.74, 6) is -0.281. The summed E-state index contributed by atoms with van der Waals surface area (Å²) in [7, 11) is 0. The number of hydrogen-bond donors (Lipinski definition) is 0. The van der Waals surface area contributed by atoms with Crippen molar-refractivity contribution in [1.82, 2.24) is 4.57 Å². The van der Waals surface area contributed by atoms with Crippen molar-refractivity contribution >= 4 is 35.0 Å². The van der Waals surface area contributed by atoms with E-state index in [1.165, 1.54) is 28.0 Å². The van der Waals surface area contributed by atoms with Crippen molar-refractivity contribution < 1.29 is 18.7 Å². The van der Waals surface area contributed by atoms with Crippen molar-refractivity contribution in [2.45, 2.75) is 26.5 Å². The SMILES string of the molecule is CCOC(=O)C1=C(C)N=c2s/c(=C\c3ccc(OCc4ccc(Cl)cc4)cc3)c(=O)n2[C@@H]1c1ccc(F)cc1. The predicted molar refractivity (Wildman–Crippen MR) is 149 cm³/mol. The molecule has 0 saturated carbocycles. The number of carbonyl (C=O) groups excluding carboxylic acids is 1. The summed E-state index contributed by atoms with van der Waals surface area (Å²) in [5.41, 5.74) is 2.80. The minimum Gasteiger partial charge on any atom is -0.489 e. The van der Waals surface area contributed by atoms with E-state index in [2.05, 4.69) is 4.99 Å². The van der Waals surface area contributed by atoms with E-state index in [9.17, 15) is 14.0 Å². The third-order valence-electron chi connectivity index (χ3n) is 6.20. The van der Waals surface area contributed by atoms with Crippen LogP contribution in [0.15, 0.2) is 93.9 Å². The lowest BCUT2D eigenvalue weighted by Crippen LogP contribution is -2.39. The second-order valence-electron chi connectivity index (χ2n) is 8.84. The van der Waals surface area contributed by atoms with E-state index in [1.807, 2.05) is 48.5 Å². The van der Waals surface area contributed by atoms with Crippen molar-refractivity contribution in [3.05, 3.63) is 131 Å². The molecule has 1 aromatic heterocycles. The van der Waals surface area contributed by atoms with Crippen molar-refractivity contribution in [2.75, 3.05) is 6.61 Å². The first kappa shape index (κ1) is 26.6. The zero-order valence-electron chi connectivity index (χ0n) is 21.2. The molecular formula is C30H24ClFN2O4S. The van der Waals surface area contributed by atoms with Gasteiger partial charge in [0.05, 0.1) is 28.5 Å². The van der Waals surface area contributed by atoms with Crippen molar-refractivity contribution in [2.24, 2.45) is 4.99 Å². The molecule has 6 nitrogen and oxygen atoms in total. The van der Waals surface area contributed by atoms with Gasteiger partial charge in [0.15, 0.2) is 4.80 Å². The maximum atomic E-state index is 13.7. The van der Waals surface area contributed by atoms with Crippen LogP contribution in [0.4, 0.5) is 4.39 Å². The Balaban J connectivity index is 1.48. The summed E-state index contributed by atoms with van der Waals surface area (Å²) in [4.78, 5) is 31.6. The van der Waals surface area contributed by atoms with Crippen LogP contribution in [0.25, 0.3) is 6.08 Å². The molecule has 1 aliphatic rings. The summed E-state index contributed by atoms with van der Waals surface area (Å²) in [6.07, 6.45) is 1.78. The number of fused-ring (bicyclic) bond motifs is 1. The van der Waals surface area contributed by atoms with Crippen LogP contribution in [0.3, 0.4) is 0 Å². The van der Waals surface area contributed by atoms with Crippen LogP contribution >= 0.6 is 22.9 Å². The summed E-state index contributed by atoms with van der Waals surface area (Å²) < 4.78 is 26.8. The fourth-order valence-electron chi connectivity index (χ4n) is 4.31. The smallest absolute Gasteiger partial charge is 0.338 e. The van der Waals surface area contributed by atoms with Gasteiger partial charge in [-0.25, -0.2) is 14.2 Å². The normalized spacial score (nSPS) is 15.1. The number of benzene rings is 3. The van der Waals surface area contributed by atoms with Crippen molar-refractivity contribution in [3.63, 3.8) is 0 Å². The first-order chi connectivity index (χ1) is 18.8. The second kappa shape index (κ2) is 11.4. The molecule has 0 amide bonds. The van der Waals surface area contributed by atoms with Gasteiger partial charge in [0, 0.05) is 5.02 Å². The number of thiazole rings is 1. The van der Waals surface area contributed by atoms with E-state index in [0.29, 0.717) is 38.0 Å². The van der Waals surface area contributed by atoms with E-state index in [0.717, 1.165) is 11.1 Å². The Hall–Kier alpha value is -4.01. The van der Waals surface area contributed by atoms with Crippen LogP contribution in [-0.2, 0) is 16.1 Å². The Labute approximate surface area is 232 Å². The van der Waals surface area contributed by atoms with E-state index < -0.39 is 17.8 Å². The number of aromatic nitrogens is 1. The molecule has 5 rings (SSSR count). The van der Waals surface area contributed by atoms with Crippen LogP contribution in [0, 0.1) is 5.82 Å². The highest BCUT2D eigenvalue weighted by atomic mass is 35.5. The molecule has 0 radical (unpaired) electrons. The number of carbonyl (C=O) groups is 1. The number of esters is 1. The molecule has 39 heavy (non-hydrogen) atoms. The van der Waals surface area contributed by atoms with E-state index in [-0.39, 0.29) is 17.7 Å². The quantitative estimate of drug-likeness (QED) is 0.291. The summed E-state index contributed by atoms with van der Waals surface area (Å²) in [5, 5.41) is 0.671. The van der Waals surface area contributed by atoms with Gasteiger partial charge in [-0.3, -0.25) is 9.36 Å². The van der Waals surface area contributed by atoms with Gasteiger partial charge < -0.3 is 9.47 Å². The molecule has 0 aliphatic carbocycles. The van der Waals surface area contributed by atoms with Gasteiger partial charge in [-0.15, -0.1) is 0 Å². The minimum atomic E-state index is -0.785. The fourth-order valence-corrected chi connectivity index (χ4v) is 5.48. The molecule has 0 bridgehead atoms. The highest BCUT2D eigenvalue weighted by Crippen LogP contribution is 2.30. The average molecular weight is 563 g/mol. The average Bonchev–Trinajstić information content (AvgIpc) is 3.23. The molecular weight excluding hydrogens is 539 g/mol. The number of rotatable bonds is 7. The van der Waals surface area contributed by atoms with Crippen molar-refractivity contribution in [3.8, 4) is 5.75 Å². The highest BCUT2D eigenvalue weighted by molar-refractivity contribution is 7.07. The Bertz CT molecular complexity index is 1720. The van der Waals surface area contributed by atoms with Gasteiger partial charge in [-0.05, 0) is 73.0 Å².